The van der Waals surface area contributed by atoms with Crippen molar-refractivity contribution in [2.24, 2.45) is 5.92 Å². The van der Waals surface area contributed by atoms with Gasteiger partial charge >= 0.3 is 0 Å². The summed E-state index contributed by atoms with van der Waals surface area (Å²) < 4.78 is 2.03. The van der Waals surface area contributed by atoms with Gasteiger partial charge < -0.3 is 10.2 Å². The zero-order chi connectivity index (χ0) is 12.2. The van der Waals surface area contributed by atoms with Gasteiger partial charge in [-0.25, -0.2) is 0 Å². The number of hydrogen-bond acceptors (Lipinski definition) is 3. The topological polar surface area (TPSA) is 33.1 Å². The van der Waals surface area contributed by atoms with Gasteiger partial charge in [0.25, 0.3) is 0 Å². The first-order valence-electron chi connectivity index (χ1n) is 7.33. The van der Waals surface area contributed by atoms with E-state index in [2.05, 4.69) is 15.3 Å². The molecule has 1 aromatic rings. The maximum absolute atomic E-state index is 4.25. The quantitative estimate of drug-likeness (QED) is 0.825. The van der Waals surface area contributed by atoms with E-state index in [-0.39, 0.29) is 0 Å². The minimum Gasteiger partial charge on any atom is -0.314 e. The summed E-state index contributed by atoms with van der Waals surface area (Å²) in [6, 6.07) is 2.86. The van der Waals surface area contributed by atoms with Gasteiger partial charge in [0.15, 0.2) is 0 Å². The molecule has 4 nitrogen and oxygen atoms in total. The van der Waals surface area contributed by atoms with Crippen LogP contribution in [-0.4, -0.2) is 46.9 Å². The molecular formula is C14H24N4. The maximum Gasteiger partial charge on any atom is 0.0536 e. The van der Waals surface area contributed by atoms with E-state index in [1.807, 2.05) is 23.1 Å². The van der Waals surface area contributed by atoms with Crippen molar-refractivity contribution in [1.29, 1.82) is 0 Å². The van der Waals surface area contributed by atoms with E-state index in [0.717, 1.165) is 25.0 Å². The number of aromatic nitrogens is 2. The highest BCUT2D eigenvalue weighted by atomic mass is 15.3. The highest BCUT2D eigenvalue weighted by Gasteiger charge is 2.24. The Balaban J connectivity index is 1.32. The van der Waals surface area contributed by atoms with Gasteiger partial charge in [-0.3, -0.25) is 4.68 Å². The Labute approximate surface area is 109 Å². The van der Waals surface area contributed by atoms with Gasteiger partial charge in [0.2, 0.25) is 0 Å². The number of hydrogen-bond donors (Lipinski definition) is 1. The second-order valence-electron chi connectivity index (χ2n) is 5.74. The Bertz CT molecular complexity index is 337. The van der Waals surface area contributed by atoms with Gasteiger partial charge in [0.1, 0.15) is 0 Å². The summed E-state index contributed by atoms with van der Waals surface area (Å²) in [5.74, 6) is 0.909. The zero-order valence-electron chi connectivity index (χ0n) is 11.1. The molecule has 100 valence electrons. The first-order valence-corrected chi connectivity index (χ1v) is 7.33. The molecule has 1 aromatic heterocycles. The van der Waals surface area contributed by atoms with Gasteiger partial charge in [-0.1, -0.05) is 0 Å². The standard InChI is InChI=1S/C14H24N4/c1-6-16-18(7-1)11-10-17-8-4-13(5-9-17)12-15-14-2-3-14/h1,6-7,13-15H,2-5,8-12H2. The summed E-state index contributed by atoms with van der Waals surface area (Å²) in [6.45, 7) is 5.94. The van der Waals surface area contributed by atoms with Crippen LogP contribution in [0.2, 0.25) is 0 Å². The molecule has 18 heavy (non-hydrogen) atoms. The average molecular weight is 248 g/mol. The fourth-order valence-electron chi connectivity index (χ4n) is 2.71. The average Bonchev–Trinajstić information content (AvgIpc) is 3.09. The Kier molecular flexibility index (Phi) is 3.96. The van der Waals surface area contributed by atoms with Gasteiger partial charge in [-0.15, -0.1) is 0 Å². The molecule has 1 aliphatic heterocycles. The SMILES string of the molecule is c1cnn(CCN2CCC(CNC3CC3)CC2)c1. The summed E-state index contributed by atoms with van der Waals surface area (Å²) in [5, 5.41) is 7.91. The van der Waals surface area contributed by atoms with E-state index in [1.54, 1.807) is 0 Å². The summed E-state index contributed by atoms with van der Waals surface area (Å²) in [7, 11) is 0. The lowest BCUT2D eigenvalue weighted by atomic mass is 9.97. The van der Waals surface area contributed by atoms with Crippen LogP contribution in [0.25, 0.3) is 0 Å². The van der Waals surface area contributed by atoms with E-state index in [0.29, 0.717) is 0 Å². The van der Waals surface area contributed by atoms with Crippen LogP contribution in [0.5, 0.6) is 0 Å². The van der Waals surface area contributed by atoms with Crippen molar-refractivity contribution in [2.75, 3.05) is 26.2 Å². The van der Waals surface area contributed by atoms with Gasteiger partial charge in [0, 0.05) is 25.0 Å². The minimum absolute atomic E-state index is 0.864. The van der Waals surface area contributed by atoms with E-state index in [1.165, 1.54) is 45.3 Å². The lowest BCUT2D eigenvalue weighted by molar-refractivity contribution is 0.175. The predicted octanol–water partition coefficient (Wildman–Crippen LogP) is 1.35. The Morgan fingerprint density at radius 2 is 1.94 bits per heavy atom. The molecule has 1 aliphatic carbocycles. The Morgan fingerprint density at radius 1 is 1.11 bits per heavy atom. The fraction of sp³-hybridized carbons (Fsp3) is 0.786. The fourth-order valence-corrected chi connectivity index (χ4v) is 2.71. The maximum atomic E-state index is 4.25. The Hall–Kier alpha value is -0.870. The van der Waals surface area contributed by atoms with Crippen molar-refractivity contribution < 1.29 is 0 Å². The molecular weight excluding hydrogens is 224 g/mol. The van der Waals surface area contributed by atoms with Gasteiger partial charge in [0.05, 0.1) is 6.54 Å². The summed E-state index contributed by atoms with van der Waals surface area (Å²) in [4.78, 5) is 2.58. The van der Waals surface area contributed by atoms with Crippen molar-refractivity contribution in [3.8, 4) is 0 Å². The predicted molar refractivity (Wildman–Crippen MR) is 72.4 cm³/mol. The highest BCUT2D eigenvalue weighted by molar-refractivity contribution is 4.83. The highest BCUT2D eigenvalue weighted by Crippen LogP contribution is 2.21. The van der Waals surface area contributed by atoms with Crippen LogP contribution in [-0.2, 0) is 6.54 Å². The lowest BCUT2D eigenvalue weighted by Gasteiger charge is -2.32. The van der Waals surface area contributed by atoms with Crippen molar-refractivity contribution in [1.82, 2.24) is 20.0 Å². The number of likely N-dealkylation sites (tertiary alicyclic amines) is 1. The molecule has 1 saturated carbocycles. The molecule has 0 unspecified atom stereocenters. The van der Waals surface area contributed by atoms with E-state index < -0.39 is 0 Å². The number of piperidine rings is 1. The van der Waals surface area contributed by atoms with E-state index in [4.69, 9.17) is 0 Å². The molecule has 0 atom stereocenters. The molecule has 3 rings (SSSR count). The second kappa shape index (κ2) is 5.85. The second-order valence-corrected chi connectivity index (χ2v) is 5.74. The molecule has 2 fully saturated rings. The normalized spacial score (nSPS) is 22.4. The van der Waals surface area contributed by atoms with Crippen LogP contribution in [0.15, 0.2) is 18.5 Å². The van der Waals surface area contributed by atoms with Gasteiger partial charge in [-0.2, -0.15) is 5.10 Å². The Morgan fingerprint density at radius 3 is 2.61 bits per heavy atom. The van der Waals surface area contributed by atoms with Gasteiger partial charge in [-0.05, 0) is 57.3 Å². The largest absolute Gasteiger partial charge is 0.314 e. The number of nitrogens with one attached hydrogen (secondary N) is 1. The van der Waals surface area contributed by atoms with Crippen molar-refractivity contribution >= 4 is 0 Å². The first-order chi connectivity index (χ1) is 8.90. The molecule has 0 radical (unpaired) electrons. The molecule has 0 spiro atoms. The summed E-state index contributed by atoms with van der Waals surface area (Å²) in [5.41, 5.74) is 0. The van der Waals surface area contributed by atoms with E-state index >= 15 is 0 Å². The zero-order valence-corrected chi connectivity index (χ0v) is 11.1. The molecule has 4 heteroatoms. The molecule has 1 saturated heterocycles. The van der Waals surface area contributed by atoms with Crippen LogP contribution >= 0.6 is 0 Å². The van der Waals surface area contributed by atoms with Crippen LogP contribution < -0.4 is 5.32 Å². The first kappa shape index (κ1) is 12.2. The summed E-state index contributed by atoms with van der Waals surface area (Å²) >= 11 is 0. The number of rotatable bonds is 6. The number of nitrogens with zero attached hydrogens (tertiary/aromatic N) is 3. The molecule has 0 bridgehead atoms. The smallest absolute Gasteiger partial charge is 0.0536 e. The van der Waals surface area contributed by atoms with Crippen LogP contribution in [0.1, 0.15) is 25.7 Å². The van der Waals surface area contributed by atoms with E-state index in [9.17, 15) is 0 Å². The molecule has 0 aromatic carbocycles. The monoisotopic (exact) mass is 248 g/mol. The van der Waals surface area contributed by atoms with Crippen molar-refractivity contribution in [3.63, 3.8) is 0 Å². The molecule has 0 amide bonds. The minimum atomic E-state index is 0.864. The molecule has 2 aliphatic rings. The molecule has 1 N–H and O–H groups in total. The third kappa shape index (κ3) is 3.56. The van der Waals surface area contributed by atoms with Crippen LogP contribution in [0.3, 0.4) is 0 Å². The van der Waals surface area contributed by atoms with Crippen LogP contribution in [0, 0.1) is 5.92 Å². The lowest BCUT2D eigenvalue weighted by Crippen LogP contribution is -2.39. The van der Waals surface area contributed by atoms with Crippen LogP contribution in [0.4, 0.5) is 0 Å². The van der Waals surface area contributed by atoms with Crippen molar-refractivity contribution in [3.05, 3.63) is 18.5 Å². The van der Waals surface area contributed by atoms with Crippen molar-refractivity contribution in [2.45, 2.75) is 38.3 Å². The third-order valence-corrected chi connectivity index (χ3v) is 4.18. The summed E-state index contributed by atoms with van der Waals surface area (Å²) in [6.07, 6.45) is 9.44. The molecule has 2 heterocycles. The third-order valence-electron chi connectivity index (χ3n) is 4.18.